The second-order valence-corrected chi connectivity index (χ2v) is 7.68. The van der Waals surface area contributed by atoms with E-state index in [1.165, 1.54) is 6.42 Å². The number of nitrogens with two attached hydrogens (primary N) is 1. The maximum atomic E-state index is 6.25. The van der Waals surface area contributed by atoms with E-state index >= 15 is 0 Å². The second-order valence-electron chi connectivity index (χ2n) is 7.68. The van der Waals surface area contributed by atoms with Gasteiger partial charge in [0, 0.05) is 18.9 Å². The molecule has 21 heavy (non-hydrogen) atoms. The SMILES string of the molecule is C[C@H]1[C@H](CN)O[C@@H]2O[C@@]3(C)CC[C@H]4[C@H](C)CC[C@@H]1[C@@]24OO3. The lowest BCUT2D eigenvalue weighted by atomic mass is 9.57. The summed E-state index contributed by atoms with van der Waals surface area (Å²) < 4.78 is 12.5. The summed E-state index contributed by atoms with van der Waals surface area (Å²) in [6, 6.07) is 0. The van der Waals surface area contributed by atoms with Gasteiger partial charge in [0.05, 0.1) is 6.10 Å². The zero-order valence-electron chi connectivity index (χ0n) is 13.2. The van der Waals surface area contributed by atoms with Crippen molar-refractivity contribution >= 4 is 0 Å². The first-order valence-corrected chi connectivity index (χ1v) is 8.40. The molecule has 1 aliphatic carbocycles. The quantitative estimate of drug-likeness (QED) is 0.752. The minimum absolute atomic E-state index is 0.0474. The summed E-state index contributed by atoms with van der Waals surface area (Å²) in [5.41, 5.74) is 5.48. The van der Waals surface area contributed by atoms with Crippen molar-refractivity contribution in [3.63, 3.8) is 0 Å². The van der Waals surface area contributed by atoms with Crippen molar-refractivity contribution in [2.24, 2.45) is 29.4 Å². The molecule has 2 N–H and O–H groups in total. The van der Waals surface area contributed by atoms with Gasteiger partial charge in [0.15, 0.2) is 11.9 Å². The average molecular weight is 297 g/mol. The Hall–Kier alpha value is -0.200. The van der Waals surface area contributed by atoms with E-state index in [0.29, 0.717) is 30.2 Å². The summed E-state index contributed by atoms with van der Waals surface area (Å²) in [4.78, 5) is 11.8. The third kappa shape index (κ3) is 1.81. The van der Waals surface area contributed by atoms with Crippen LogP contribution in [-0.4, -0.2) is 30.3 Å². The van der Waals surface area contributed by atoms with Gasteiger partial charge in [-0.25, -0.2) is 9.78 Å². The maximum Gasteiger partial charge on any atom is 0.201 e. The first-order valence-electron chi connectivity index (χ1n) is 8.40. The van der Waals surface area contributed by atoms with Crippen molar-refractivity contribution in [2.75, 3.05) is 6.54 Å². The number of rotatable bonds is 1. The lowest BCUT2D eigenvalue weighted by Gasteiger charge is -2.60. The average Bonchev–Trinajstić information content (AvgIpc) is 2.69. The molecule has 0 unspecified atom stereocenters. The van der Waals surface area contributed by atoms with Gasteiger partial charge in [-0.1, -0.05) is 13.8 Å². The fourth-order valence-corrected chi connectivity index (χ4v) is 5.25. The van der Waals surface area contributed by atoms with E-state index in [9.17, 15) is 0 Å². The van der Waals surface area contributed by atoms with Crippen molar-refractivity contribution in [3.05, 3.63) is 0 Å². The number of fused-ring (bicyclic) bond motifs is 2. The molecule has 4 aliphatic heterocycles. The van der Waals surface area contributed by atoms with Gasteiger partial charge in [-0.05, 0) is 43.9 Å². The van der Waals surface area contributed by atoms with Crippen LogP contribution in [0.1, 0.15) is 46.5 Å². The number of hydrogen-bond donors (Lipinski definition) is 1. The molecular formula is C16H27NO4. The van der Waals surface area contributed by atoms with E-state index in [1.54, 1.807) is 0 Å². The van der Waals surface area contributed by atoms with Crippen LogP contribution in [0.25, 0.3) is 0 Å². The monoisotopic (exact) mass is 297 g/mol. The Balaban J connectivity index is 1.79. The molecule has 4 saturated heterocycles. The molecule has 8 atom stereocenters. The Bertz CT molecular complexity index is 433. The molecule has 5 rings (SSSR count). The van der Waals surface area contributed by atoms with Gasteiger partial charge >= 0.3 is 0 Å². The van der Waals surface area contributed by atoms with Crippen molar-refractivity contribution < 1.29 is 19.2 Å². The summed E-state index contributed by atoms with van der Waals surface area (Å²) in [6.45, 7) is 7.06. The minimum Gasteiger partial charge on any atom is -0.345 e. The predicted molar refractivity (Wildman–Crippen MR) is 75.9 cm³/mol. The van der Waals surface area contributed by atoms with Gasteiger partial charge in [-0.15, -0.1) is 0 Å². The summed E-state index contributed by atoms with van der Waals surface area (Å²) in [6.07, 6.45) is 4.02. The van der Waals surface area contributed by atoms with Crippen molar-refractivity contribution in [3.8, 4) is 0 Å². The molecule has 5 aliphatic rings. The fourth-order valence-electron chi connectivity index (χ4n) is 5.25. The van der Waals surface area contributed by atoms with Crippen LogP contribution in [0.15, 0.2) is 0 Å². The molecular weight excluding hydrogens is 270 g/mol. The molecule has 5 fully saturated rings. The van der Waals surface area contributed by atoms with E-state index in [0.717, 1.165) is 19.3 Å². The van der Waals surface area contributed by atoms with Crippen molar-refractivity contribution in [2.45, 2.75) is 70.2 Å². The zero-order valence-corrected chi connectivity index (χ0v) is 13.2. The van der Waals surface area contributed by atoms with Gasteiger partial charge in [0.1, 0.15) is 0 Å². The van der Waals surface area contributed by atoms with E-state index in [2.05, 4.69) is 13.8 Å². The summed E-state index contributed by atoms with van der Waals surface area (Å²) in [7, 11) is 0. The molecule has 120 valence electrons. The molecule has 5 nitrogen and oxygen atoms in total. The molecule has 4 heterocycles. The van der Waals surface area contributed by atoms with Gasteiger partial charge in [-0.3, -0.25) is 0 Å². The van der Waals surface area contributed by atoms with Gasteiger partial charge in [-0.2, -0.15) is 0 Å². The molecule has 0 amide bonds. The van der Waals surface area contributed by atoms with Crippen LogP contribution in [0, 0.1) is 23.7 Å². The Labute approximate surface area is 126 Å². The smallest absolute Gasteiger partial charge is 0.201 e. The topological polar surface area (TPSA) is 62.9 Å². The zero-order chi connectivity index (χ0) is 14.8. The lowest BCUT2D eigenvalue weighted by molar-refractivity contribution is -0.570. The lowest BCUT2D eigenvalue weighted by Crippen LogP contribution is -2.70. The van der Waals surface area contributed by atoms with Crippen LogP contribution in [0.3, 0.4) is 0 Å². The van der Waals surface area contributed by atoms with Crippen molar-refractivity contribution in [1.29, 1.82) is 0 Å². The molecule has 1 saturated carbocycles. The van der Waals surface area contributed by atoms with Crippen LogP contribution in [-0.2, 0) is 19.2 Å². The van der Waals surface area contributed by atoms with E-state index in [-0.39, 0.29) is 12.4 Å². The van der Waals surface area contributed by atoms with Crippen molar-refractivity contribution in [1.82, 2.24) is 0 Å². The van der Waals surface area contributed by atoms with Gasteiger partial charge < -0.3 is 15.2 Å². The third-order valence-corrected chi connectivity index (χ3v) is 6.53. The van der Waals surface area contributed by atoms with E-state index in [1.807, 2.05) is 6.92 Å². The van der Waals surface area contributed by atoms with Crippen LogP contribution >= 0.6 is 0 Å². The molecule has 0 aromatic rings. The molecule has 0 radical (unpaired) electrons. The Morgan fingerprint density at radius 2 is 1.90 bits per heavy atom. The number of hydrogen-bond acceptors (Lipinski definition) is 5. The Morgan fingerprint density at radius 3 is 2.67 bits per heavy atom. The molecule has 1 spiro atoms. The summed E-state index contributed by atoms with van der Waals surface area (Å²) >= 11 is 0. The van der Waals surface area contributed by atoms with Gasteiger partial charge in [0.2, 0.25) is 5.79 Å². The molecule has 0 aromatic carbocycles. The largest absolute Gasteiger partial charge is 0.345 e. The van der Waals surface area contributed by atoms with Crippen LogP contribution in [0.4, 0.5) is 0 Å². The Kier molecular flexibility index (Phi) is 3.19. The second kappa shape index (κ2) is 4.65. The molecule has 2 bridgehead atoms. The van der Waals surface area contributed by atoms with Crippen LogP contribution in [0.2, 0.25) is 0 Å². The standard InChI is InChI=1S/C16H27NO4/c1-9-4-5-12-10(2)13(8-17)18-14-16(12)11(9)6-7-15(3,19-14)20-21-16/h9-14H,4-8,17H2,1-3H3/t9-,10-,11+,12+,13+,14-,15-,16-/m1/s1. The highest BCUT2D eigenvalue weighted by molar-refractivity contribution is 5.09. The highest BCUT2D eigenvalue weighted by Crippen LogP contribution is 2.60. The fraction of sp³-hybridized carbons (Fsp3) is 1.00. The van der Waals surface area contributed by atoms with E-state index < -0.39 is 11.4 Å². The summed E-state index contributed by atoms with van der Waals surface area (Å²) in [5, 5.41) is 0. The first-order chi connectivity index (χ1) is 10.00. The highest BCUT2D eigenvalue weighted by atomic mass is 17.3. The third-order valence-electron chi connectivity index (χ3n) is 6.53. The van der Waals surface area contributed by atoms with Gasteiger partial charge in [0.25, 0.3) is 0 Å². The normalized spacial score (nSPS) is 59.4. The van der Waals surface area contributed by atoms with Crippen LogP contribution < -0.4 is 5.73 Å². The summed E-state index contributed by atoms with van der Waals surface area (Å²) in [5.74, 6) is 1.13. The van der Waals surface area contributed by atoms with Crippen LogP contribution in [0.5, 0.6) is 0 Å². The predicted octanol–water partition coefficient (Wildman–Crippen LogP) is 2.20. The van der Waals surface area contributed by atoms with E-state index in [4.69, 9.17) is 25.0 Å². The number of ether oxygens (including phenoxy) is 2. The molecule has 5 heteroatoms. The minimum atomic E-state index is -0.683. The first kappa shape index (κ1) is 14.4. The molecule has 0 aromatic heterocycles. The highest BCUT2D eigenvalue weighted by Gasteiger charge is 2.69. The maximum absolute atomic E-state index is 6.25. The Morgan fingerprint density at radius 1 is 1.10 bits per heavy atom.